The number of hydrogen-bond donors (Lipinski definition) is 0. The standard InChI is InChI=1S/C15H19N5O2S/c1-5-22-14(21)11-6-10(11)12-7-13(18-15(17-12)23-4)20-9(3)16-8(2)19-20/h7,10-11H,5-6H2,1-4H3/t10-,11?/m0/s1. The Morgan fingerprint density at radius 1 is 1.39 bits per heavy atom. The minimum absolute atomic E-state index is 0.0917. The van der Waals surface area contributed by atoms with Crippen molar-refractivity contribution in [1.29, 1.82) is 0 Å². The fraction of sp³-hybridized carbons (Fsp3) is 0.533. The number of nitrogens with zero attached hydrogens (tertiary/aromatic N) is 5. The van der Waals surface area contributed by atoms with Gasteiger partial charge in [0.2, 0.25) is 0 Å². The van der Waals surface area contributed by atoms with Crippen LogP contribution in [0.3, 0.4) is 0 Å². The highest BCUT2D eigenvalue weighted by molar-refractivity contribution is 7.98. The van der Waals surface area contributed by atoms with Crippen molar-refractivity contribution in [3.05, 3.63) is 23.4 Å². The molecule has 1 saturated carbocycles. The van der Waals surface area contributed by atoms with Crippen molar-refractivity contribution in [2.24, 2.45) is 5.92 Å². The average molecular weight is 333 g/mol. The van der Waals surface area contributed by atoms with E-state index in [1.807, 2.05) is 33.1 Å². The Morgan fingerprint density at radius 2 is 2.17 bits per heavy atom. The molecule has 2 heterocycles. The quantitative estimate of drug-likeness (QED) is 0.470. The first-order valence-corrected chi connectivity index (χ1v) is 8.76. The van der Waals surface area contributed by atoms with Crippen LogP contribution in [0.25, 0.3) is 5.82 Å². The van der Waals surface area contributed by atoms with Gasteiger partial charge in [0.15, 0.2) is 11.0 Å². The predicted octanol–water partition coefficient (Wildman–Crippen LogP) is 2.06. The largest absolute Gasteiger partial charge is 0.466 e. The second kappa shape index (κ2) is 6.27. The van der Waals surface area contributed by atoms with E-state index in [4.69, 9.17) is 4.74 Å². The Bertz CT molecular complexity index is 745. The number of thioether (sulfide) groups is 1. The summed E-state index contributed by atoms with van der Waals surface area (Å²) in [7, 11) is 0. The first-order chi connectivity index (χ1) is 11.0. The lowest BCUT2D eigenvalue weighted by Crippen LogP contribution is -2.09. The second-order valence-electron chi connectivity index (χ2n) is 5.46. The first-order valence-electron chi connectivity index (χ1n) is 7.53. The minimum Gasteiger partial charge on any atom is -0.466 e. The zero-order valence-corrected chi connectivity index (χ0v) is 14.4. The summed E-state index contributed by atoms with van der Waals surface area (Å²) in [5.74, 6) is 2.03. The lowest BCUT2D eigenvalue weighted by molar-refractivity contribution is -0.144. The molecule has 0 spiro atoms. The van der Waals surface area contributed by atoms with Crippen molar-refractivity contribution in [3.8, 4) is 5.82 Å². The molecule has 0 bridgehead atoms. The summed E-state index contributed by atoms with van der Waals surface area (Å²) in [6, 6.07) is 1.89. The van der Waals surface area contributed by atoms with Crippen molar-refractivity contribution in [1.82, 2.24) is 24.7 Å². The van der Waals surface area contributed by atoms with Gasteiger partial charge in [0.25, 0.3) is 0 Å². The van der Waals surface area contributed by atoms with Crippen molar-refractivity contribution in [2.45, 2.75) is 38.3 Å². The van der Waals surface area contributed by atoms with E-state index in [0.717, 1.165) is 17.9 Å². The average Bonchev–Trinajstić information content (AvgIpc) is 3.26. The van der Waals surface area contributed by atoms with Crippen LogP contribution in [0, 0.1) is 19.8 Å². The molecule has 0 saturated heterocycles. The van der Waals surface area contributed by atoms with Gasteiger partial charge in [0.05, 0.1) is 18.2 Å². The van der Waals surface area contributed by atoms with Gasteiger partial charge in [0.1, 0.15) is 11.6 Å². The van der Waals surface area contributed by atoms with E-state index < -0.39 is 0 Å². The maximum absolute atomic E-state index is 11.9. The molecular weight excluding hydrogens is 314 g/mol. The number of ether oxygens (including phenoxy) is 1. The number of aromatic nitrogens is 5. The monoisotopic (exact) mass is 333 g/mol. The summed E-state index contributed by atoms with van der Waals surface area (Å²) in [6.07, 6.45) is 2.70. The van der Waals surface area contributed by atoms with Crippen LogP contribution in [0.2, 0.25) is 0 Å². The molecule has 0 aromatic carbocycles. The number of esters is 1. The predicted molar refractivity (Wildman–Crippen MR) is 85.7 cm³/mol. The van der Waals surface area contributed by atoms with Gasteiger partial charge in [0, 0.05) is 12.0 Å². The number of hydrogen-bond acceptors (Lipinski definition) is 7. The molecule has 1 aliphatic carbocycles. The second-order valence-corrected chi connectivity index (χ2v) is 6.23. The van der Waals surface area contributed by atoms with E-state index in [1.165, 1.54) is 11.8 Å². The molecule has 1 fully saturated rings. The Balaban J connectivity index is 1.92. The zero-order chi connectivity index (χ0) is 16.6. The highest BCUT2D eigenvalue weighted by Gasteiger charge is 2.46. The molecule has 23 heavy (non-hydrogen) atoms. The number of carbonyl (C=O) groups excluding carboxylic acids is 1. The molecule has 122 valence electrons. The van der Waals surface area contributed by atoms with Gasteiger partial charge >= 0.3 is 5.97 Å². The van der Waals surface area contributed by atoms with E-state index in [-0.39, 0.29) is 17.8 Å². The first kappa shape index (κ1) is 15.9. The molecule has 2 atom stereocenters. The van der Waals surface area contributed by atoms with Crippen molar-refractivity contribution in [2.75, 3.05) is 12.9 Å². The van der Waals surface area contributed by atoms with E-state index in [1.54, 1.807) is 4.68 Å². The van der Waals surface area contributed by atoms with Crippen LogP contribution in [0.5, 0.6) is 0 Å². The molecule has 0 amide bonds. The molecule has 8 heteroatoms. The molecule has 2 aromatic rings. The van der Waals surface area contributed by atoms with Crippen molar-refractivity contribution < 1.29 is 9.53 Å². The molecule has 1 unspecified atom stereocenters. The third-order valence-electron chi connectivity index (χ3n) is 3.75. The zero-order valence-electron chi connectivity index (χ0n) is 13.6. The lowest BCUT2D eigenvalue weighted by Gasteiger charge is -2.07. The third kappa shape index (κ3) is 3.21. The normalized spacial score (nSPS) is 19.7. The van der Waals surface area contributed by atoms with Crippen LogP contribution in [-0.2, 0) is 9.53 Å². The topological polar surface area (TPSA) is 82.8 Å². The van der Waals surface area contributed by atoms with Crippen LogP contribution in [0.15, 0.2) is 11.2 Å². The van der Waals surface area contributed by atoms with Gasteiger partial charge in [-0.25, -0.2) is 15.0 Å². The summed E-state index contributed by atoms with van der Waals surface area (Å²) in [5, 5.41) is 5.04. The molecule has 3 rings (SSSR count). The Hall–Kier alpha value is -1.96. The smallest absolute Gasteiger partial charge is 0.309 e. The molecule has 0 radical (unpaired) electrons. The maximum Gasteiger partial charge on any atom is 0.309 e. The Labute approximate surface area is 138 Å². The number of rotatable bonds is 5. The fourth-order valence-electron chi connectivity index (χ4n) is 2.59. The van der Waals surface area contributed by atoms with Crippen LogP contribution in [0.1, 0.15) is 36.6 Å². The molecule has 0 aliphatic heterocycles. The molecule has 7 nitrogen and oxygen atoms in total. The number of carbonyl (C=O) groups is 1. The molecular formula is C15H19N5O2S. The van der Waals surface area contributed by atoms with Gasteiger partial charge in [-0.2, -0.15) is 4.68 Å². The summed E-state index contributed by atoms with van der Waals surface area (Å²) < 4.78 is 6.81. The summed E-state index contributed by atoms with van der Waals surface area (Å²) in [5.41, 5.74) is 0.866. The van der Waals surface area contributed by atoms with E-state index in [2.05, 4.69) is 20.1 Å². The van der Waals surface area contributed by atoms with E-state index in [9.17, 15) is 4.79 Å². The van der Waals surface area contributed by atoms with Gasteiger partial charge < -0.3 is 4.74 Å². The summed E-state index contributed by atoms with van der Waals surface area (Å²) >= 11 is 1.47. The Morgan fingerprint density at radius 3 is 2.78 bits per heavy atom. The van der Waals surface area contributed by atoms with E-state index >= 15 is 0 Å². The summed E-state index contributed by atoms with van der Waals surface area (Å²) in [6.45, 7) is 5.96. The van der Waals surface area contributed by atoms with Gasteiger partial charge in [-0.1, -0.05) is 11.8 Å². The van der Waals surface area contributed by atoms with Gasteiger partial charge in [-0.15, -0.1) is 5.10 Å². The fourth-order valence-corrected chi connectivity index (χ4v) is 2.97. The SMILES string of the molecule is CCOC(=O)C1C[C@@H]1c1cc(-n2nc(C)nc2C)nc(SC)n1. The molecule has 1 aliphatic rings. The highest BCUT2D eigenvalue weighted by atomic mass is 32.2. The third-order valence-corrected chi connectivity index (χ3v) is 4.29. The van der Waals surface area contributed by atoms with Crippen LogP contribution in [-0.4, -0.2) is 43.6 Å². The van der Waals surface area contributed by atoms with Crippen molar-refractivity contribution in [3.63, 3.8) is 0 Å². The lowest BCUT2D eigenvalue weighted by atomic mass is 10.2. The molecule has 2 aromatic heterocycles. The van der Waals surface area contributed by atoms with Gasteiger partial charge in [-0.3, -0.25) is 4.79 Å². The number of aryl methyl sites for hydroxylation is 2. The Kier molecular flexibility index (Phi) is 4.34. The van der Waals surface area contributed by atoms with Crippen LogP contribution in [0.4, 0.5) is 0 Å². The highest BCUT2D eigenvalue weighted by Crippen LogP contribution is 2.47. The minimum atomic E-state index is -0.142. The van der Waals surface area contributed by atoms with Crippen LogP contribution >= 0.6 is 11.8 Å². The van der Waals surface area contributed by atoms with E-state index in [0.29, 0.717) is 23.4 Å². The van der Waals surface area contributed by atoms with Crippen molar-refractivity contribution >= 4 is 17.7 Å². The van der Waals surface area contributed by atoms with Gasteiger partial charge in [-0.05, 0) is 33.4 Å². The maximum atomic E-state index is 11.9. The molecule has 0 N–H and O–H groups in total. The summed E-state index contributed by atoms with van der Waals surface area (Å²) in [4.78, 5) is 25.2. The van der Waals surface area contributed by atoms with Crippen LogP contribution < -0.4 is 0 Å².